The molecule has 238 valence electrons. The van der Waals surface area contributed by atoms with Gasteiger partial charge < -0.3 is 9.67 Å². The second-order valence-corrected chi connectivity index (χ2v) is 16.1. The van der Waals surface area contributed by atoms with Gasteiger partial charge in [0.2, 0.25) is 6.33 Å². The van der Waals surface area contributed by atoms with E-state index < -0.39 is 5.66 Å². The highest BCUT2D eigenvalue weighted by atomic mass is 16.3. The average Bonchev–Trinajstić information content (AvgIpc) is 3.56. The van der Waals surface area contributed by atoms with Crippen molar-refractivity contribution in [1.29, 1.82) is 0 Å². The van der Waals surface area contributed by atoms with Crippen molar-refractivity contribution >= 4 is 22.1 Å². The van der Waals surface area contributed by atoms with Gasteiger partial charge >= 0.3 is 0 Å². The van der Waals surface area contributed by atoms with E-state index in [9.17, 15) is 5.11 Å². The van der Waals surface area contributed by atoms with Gasteiger partial charge in [-0.2, -0.15) is 0 Å². The molecule has 6 rings (SSSR count). The molecule has 0 saturated carbocycles. The van der Waals surface area contributed by atoms with Crippen LogP contribution in [0.1, 0.15) is 92.9 Å². The number of hydrogen-bond acceptors (Lipinski definition) is 3. The summed E-state index contributed by atoms with van der Waals surface area (Å²) in [6.07, 6.45) is 9.62. The van der Waals surface area contributed by atoms with Crippen LogP contribution in [0.4, 0.5) is 0 Å². The fraction of sp³-hybridized carbons (Fsp3) is 0.375. The summed E-state index contributed by atoms with van der Waals surface area (Å²) in [5.74, 6) is 0.280. The highest BCUT2D eigenvalue weighted by Crippen LogP contribution is 2.40. The van der Waals surface area contributed by atoms with Crippen LogP contribution in [0.2, 0.25) is 0 Å². The number of aromatic nitrogens is 5. The zero-order valence-electron chi connectivity index (χ0n) is 29.2. The number of hydrogen-bond donors (Lipinski definition) is 1. The van der Waals surface area contributed by atoms with Gasteiger partial charge in [0.05, 0.1) is 22.4 Å². The topological polar surface area (TPSA) is 59.8 Å². The SMILES string of the molecule is CC(C)(C)c1ccnc(-c2cn(C(C)(C)[n+]3[c-]n(-c4cc(C(C)(C)C)cc(C(C)(C)C)c4O)c4ccccc43)c3ncccc23)c1. The van der Waals surface area contributed by atoms with Crippen molar-refractivity contribution in [1.82, 2.24) is 19.1 Å². The number of phenolic OH excluding ortho intramolecular Hbond substituents is 1. The molecule has 6 heteroatoms. The smallest absolute Gasteiger partial charge is 0.246 e. The summed E-state index contributed by atoms with van der Waals surface area (Å²) in [6.45, 7) is 24.1. The predicted molar refractivity (Wildman–Crippen MR) is 188 cm³/mol. The number of para-hydroxylation sites is 2. The third-order valence-corrected chi connectivity index (χ3v) is 9.17. The summed E-state index contributed by atoms with van der Waals surface area (Å²) in [7, 11) is 0. The van der Waals surface area contributed by atoms with E-state index >= 15 is 0 Å². The Labute approximate surface area is 273 Å². The molecule has 0 bridgehead atoms. The molecule has 6 aromatic rings. The first-order valence-corrected chi connectivity index (χ1v) is 16.2. The Morgan fingerprint density at radius 1 is 0.717 bits per heavy atom. The number of nitrogens with zero attached hydrogens (tertiary/aromatic N) is 5. The van der Waals surface area contributed by atoms with Crippen molar-refractivity contribution in [2.45, 2.75) is 98.1 Å². The van der Waals surface area contributed by atoms with Gasteiger partial charge in [-0.3, -0.25) is 14.1 Å². The van der Waals surface area contributed by atoms with E-state index in [1.807, 2.05) is 29.1 Å². The maximum atomic E-state index is 11.8. The standard InChI is InChI=1S/C40H47N5O/c1-37(2,3)26-18-20-41-31(22-26)29-24-44(36-28(29)15-14-19-42-36)40(10,11)45-25-43(32-16-12-13-17-33(32)45)34-23-27(38(4,5)6)21-30(35(34)46)39(7,8)9/h12-24,46H,1-11H3. The molecule has 0 aliphatic heterocycles. The van der Waals surface area contributed by atoms with Gasteiger partial charge in [0.1, 0.15) is 11.4 Å². The molecule has 0 spiro atoms. The summed E-state index contributed by atoms with van der Waals surface area (Å²) in [5, 5.41) is 12.9. The van der Waals surface area contributed by atoms with E-state index in [1.165, 1.54) is 5.56 Å². The molecule has 1 N–H and O–H groups in total. The molecule has 46 heavy (non-hydrogen) atoms. The summed E-state index contributed by atoms with van der Waals surface area (Å²) in [4.78, 5) is 9.70. The van der Waals surface area contributed by atoms with Crippen LogP contribution in [-0.4, -0.2) is 24.2 Å². The number of rotatable bonds is 4. The number of aromatic hydroxyl groups is 1. The Morgan fingerprint density at radius 2 is 1.41 bits per heavy atom. The number of pyridine rings is 2. The molecule has 0 atom stereocenters. The molecule has 0 amide bonds. The first-order chi connectivity index (χ1) is 21.4. The van der Waals surface area contributed by atoms with Crippen LogP contribution in [0.15, 0.2) is 79.3 Å². The maximum absolute atomic E-state index is 11.8. The number of imidazole rings is 1. The van der Waals surface area contributed by atoms with Crippen molar-refractivity contribution in [2.75, 3.05) is 0 Å². The second kappa shape index (κ2) is 10.5. The van der Waals surface area contributed by atoms with Crippen molar-refractivity contribution in [3.8, 4) is 22.7 Å². The maximum Gasteiger partial charge on any atom is 0.246 e. The molecule has 0 aliphatic rings. The Morgan fingerprint density at radius 3 is 2.09 bits per heavy atom. The average molecular weight is 614 g/mol. The normalized spacial score (nSPS) is 13.2. The van der Waals surface area contributed by atoms with Crippen molar-refractivity contribution < 1.29 is 9.67 Å². The Hall–Kier alpha value is -4.45. The summed E-state index contributed by atoms with van der Waals surface area (Å²) in [5.41, 5.74) is 7.85. The zero-order chi connectivity index (χ0) is 33.4. The molecule has 0 saturated heterocycles. The third-order valence-electron chi connectivity index (χ3n) is 9.17. The molecule has 6 nitrogen and oxygen atoms in total. The lowest BCUT2D eigenvalue weighted by Gasteiger charge is -2.28. The van der Waals surface area contributed by atoms with Crippen molar-refractivity contribution in [3.63, 3.8) is 0 Å². The summed E-state index contributed by atoms with van der Waals surface area (Å²) >= 11 is 0. The zero-order valence-corrected chi connectivity index (χ0v) is 29.2. The van der Waals surface area contributed by atoms with Crippen molar-refractivity contribution in [2.24, 2.45) is 0 Å². The van der Waals surface area contributed by atoms with Gasteiger partial charge in [-0.05, 0) is 71.0 Å². The van der Waals surface area contributed by atoms with Crippen LogP contribution in [0.25, 0.3) is 39.0 Å². The third kappa shape index (κ3) is 5.28. The minimum atomic E-state index is -0.637. The van der Waals surface area contributed by atoms with E-state index in [-0.39, 0.29) is 22.0 Å². The molecule has 0 radical (unpaired) electrons. The van der Waals surface area contributed by atoms with Gasteiger partial charge in [0.15, 0.2) is 5.66 Å². The first-order valence-electron chi connectivity index (χ1n) is 16.2. The van der Waals surface area contributed by atoms with Gasteiger partial charge in [-0.15, -0.1) is 0 Å². The van der Waals surface area contributed by atoms with E-state index in [0.29, 0.717) is 0 Å². The van der Waals surface area contributed by atoms with Gasteiger partial charge in [-0.1, -0.05) is 98.7 Å². The number of fused-ring (bicyclic) bond motifs is 2. The fourth-order valence-electron chi connectivity index (χ4n) is 6.28. The summed E-state index contributed by atoms with van der Waals surface area (Å²) in [6, 6.07) is 21.0. The lowest BCUT2D eigenvalue weighted by molar-refractivity contribution is -0.744. The molecular formula is C40H47N5O. The van der Waals surface area contributed by atoms with Gasteiger partial charge in [0.25, 0.3) is 0 Å². The van der Waals surface area contributed by atoms with Crippen LogP contribution in [0.5, 0.6) is 5.75 Å². The van der Waals surface area contributed by atoms with Crippen molar-refractivity contribution in [3.05, 3.63) is 102 Å². The fourth-order valence-corrected chi connectivity index (χ4v) is 6.28. The quantitative estimate of drug-likeness (QED) is 0.159. The molecule has 0 fully saturated rings. The molecule has 2 aromatic carbocycles. The molecule has 4 aromatic heterocycles. The molecule has 0 unspecified atom stereocenters. The van der Waals surface area contributed by atoms with Crippen LogP contribution in [0, 0.1) is 6.33 Å². The minimum Gasteiger partial charge on any atom is -0.513 e. The van der Waals surface area contributed by atoms with Crippen LogP contribution in [0.3, 0.4) is 0 Å². The number of phenols is 1. The highest BCUT2D eigenvalue weighted by Gasteiger charge is 2.33. The lowest BCUT2D eigenvalue weighted by atomic mass is 9.79. The van der Waals surface area contributed by atoms with Gasteiger partial charge in [0, 0.05) is 29.5 Å². The minimum absolute atomic E-state index is 0.00290. The van der Waals surface area contributed by atoms with Crippen LogP contribution >= 0.6 is 0 Å². The Bertz CT molecular complexity index is 2090. The summed E-state index contributed by atoms with van der Waals surface area (Å²) < 4.78 is 6.41. The Balaban J connectivity index is 1.60. The highest BCUT2D eigenvalue weighted by molar-refractivity contribution is 5.93. The molecule has 0 aliphatic carbocycles. The Kier molecular flexibility index (Phi) is 7.23. The largest absolute Gasteiger partial charge is 0.513 e. The van der Waals surface area contributed by atoms with E-state index in [1.54, 1.807) is 0 Å². The van der Waals surface area contributed by atoms with E-state index in [0.717, 1.165) is 50.1 Å². The van der Waals surface area contributed by atoms with Crippen LogP contribution < -0.4 is 4.57 Å². The van der Waals surface area contributed by atoms with E-state index in [4.69, 9.17) is 9.97 Å². The molecular weight excluding hydrogens is 566 g/mol. The molecule has 4 heterocycles. The predicted octanol–water partition coefficient (Wildman–Crippen LogP) is 8.97. The van der Waals surface area contributed by atoms with Gasteiger partial charge in [-0.25, -0.2) is 4.98 Å². The first kappa shape index (κ1) is 31.5. The number of benzene rings is 2. The van der Waals surface area contributed by atoms with Crippen LogP contribution in [-0.2, 0) is 21.9 Å². The van der Waals surface area contributed by atoms with E-state index in [2.05, 4.69) is 146 Å². The lowest BCUT2D eigenvalue weighted by Crippen LogP contribution is -2.56. The monoisotopic (exact) mass is 613 g/mol. The second-order valence-electron chi connectivity index (χ2n) is 16.1.